The van der Waals surface area contributed by atoms with E-state index in [-0.39, 0.29) is 42.1 Å². The van der Waals surface area contributed by atoms with Crippen molar-refractivity contribution in [2.45, 2.75) is 6.18 Å². The monoisotopic (exact) mass is 423 g/mol. The van der Waals surface area contributed by atoms with Crippen molar-refractivity contribution in [2.75, 3.05) is 7.11 Å². The SMILES string of the molecule is COc1nc(C(F)(F)F)ccc1-c1c(Cl)c(Cl)c(Cl)c(Cl)c1Cl. The first kappa shape index (κ1) is 18.7. The first-order valence-corrected chi connectivity index (χ1v) is 7.62. The zero-order valence-corrected chi connectivity index (χ0v) is 14.8. The van der Waals surface area contributed by atoms with Crippen LogP contribution in [-0.4, -0.2) is 12.1 Å². The van der Waals surface area contributed by atoms with Crippen LogP contribution in [0.4, 0.5) is 13.2 Å². The molecule has 2 rings (SSSR count). The van der Waals surface area contributed by atoms with Crippen LogP contribution in [0.25, 0.3) is 11.1 Å². The molecule has 1 aromatic carbocycles. The zero-order valence-electron chi connectivity index (χ0n) is 11.0. The summed E-state index contributed by atoms with van der Waals surface area (Å²) in [7, 11) is 1.16. The highest BCUT2D eigenvalue weighted by Gasteiger charge is 2.34. The van der Waals surface area contributed by atoms with Gasteiger partial charge >= 0.3 is 6.18 Å². The molecule has 0 saturated carbocycles. The summed E-state index contributed by atoms with van der Waals surface area (Å²) < 4.78 is 43.2. The number of halogens is 8. The Morgan fingerprint density at radius 3 is 1.78 bits per heavy atom. The van der Waals surface area contributed by atoms with Gasteiger partial charge in [0, 0.05) is 11.1 Å². The summed E-state index contributed by atoms with van der Waals surface area (Å²) in [4.78, 5) is 3.42. The molecule has 0 aliphatic carbocycles. The molecular weight excluding hydrogens is 420 g/mol. The highest BCUT2D eigenvalue weighted by molar-refractivity contribution is 6.56. The third-order valence-corrected chi connectivity index (χ3v) is 5.10. The van der Waals surface area contributed by atoms with Gasteiger partial charge in [0.05, 0.1) is 32.2 Å². The lowest BCUT2D eigenvalue weighted by atomic mass is 10.1. The molecule has 10 heteroatoms. The zero-order chi connectivity index (χ0) is 17.5. The lowest BCUT2D eigenvalue weighted by Gasteiger charge is -2.16. The van der Waals surface area contributed by atoms with Crippen LogP contribution in [0.5, 0.6) is 5.88 Å². The Morgan fingerprint density at radius 2 is 1.35 bits per heavy atom. The number of rotatable bonds is 2. The number of alkyl halides is 3. The second-order valence-corrected chi connectivity index (χ2v) is 6.09. The summed E-state index contributed by atoms with van der Waals surface area (Å²) in [6.07, 6.45) is -4.63. The topological polar surface area (TPSA) is 22.1 Å². The molecule has 1 heterocycles. The lowest BCUT2D eigenvalue weighted by molar-refractivity contribution is -0.141. The summed E-state index contributed by atoms with van der Waals surface area (Å²) in [5.41, 5.74) is -0.960. The van der Waals surface area contributed by atoms with Crippen LogP contribution < -0.4 is 4.74 Å². The van der Waals surface area contributed by atoms with Crippen LogP contribution in [0.2, 0.25) is 25.1 Å². The van der Waals surface area contributed by atoms with Crippen LogP contribution >= 0.6 is 58.0 Å². The Bertz CT molecular complexity index is 750. The van der Waals surface area contributed by atoms with Crippen molar-refractivity contribution in [3.05, 3.63) is 42.9 Å². The van der Waals surface area contributed by atoms with E-state index in [2.05, 4.69) is 4.98 Å². The summed E-state index contributed by atoms with van der Waals surface area (Å²) in [5.74, 6) is -0.335. The third kappa shape index (κ3) is 3.44. The fraction of sp³-hybridized carbons (Fsp3) is 0.154. The number of methoxy groups -OCH3 is 1. The molecule has 0 saturated heterocycles. The quantitative estimate of drug-likeness (QED) is 0.380. The molecule has 124 valence electrons. The summed E-state index contributed by atoms with van der Waals surface area (Å²) >= 11 is 30.0. The molecule has 1 aromatic heterocycles. The summed E-state index contributed by atoms with van der Waals surface area (Å²) in [6, 6.07) is 1.88. The number of benzene rings is 1. The summed E-state index contributed by atoms with van der Waals surface area (Å²) in [5, 5.41) is -0.387. The van der Waals surface area contributed by atoms with Crippen molar-refractivity contribution < 1.29 is 17.9 Å². The van der Waals surface area contributed by atoms with Gasteiger partial charge in [-0.3, -0.25) is 0 Å². The van der Waals surface area contributed by atoms with Gasteiger partial charge in [-0.05, 0) is 12.1 Å². The minimum absolute atomic E-state index is 0.0640. The van der Waals surface area contributed by atoms with E-state index in [9.17, 15) is 13.2 Å². The number of nitrogens with zero attached hydrogens (tertiary/aromatic N) is 1. The molecule has 0 fully saturated rings. The molecule has 23 heavy (non-hydrogen) atoms. The smallest absolute Gasteiger partial charge is 0.433 e. The molecule has 0 spiro atoms. The van der Waals surface area contributed by atoms with Crippen LogP contribution in [0.15, 0.2) is 12.1 Å². The molecule has 2 nitrogen and oxygen atoms in total. The van der Waals surface area contributed by atoms with Gasteiger partial charge in [0.15, 0.2) is 0 Å². The highest BCUT2D eigenvalue weighted by Crippen LogP contribution is 2.50. The number of hydrogen-bond acceptors (Lipinski definition) is 2. The largest absolute Gasteiger partial charge is 0.481 e. The van der Waals surface area contributed by atoms with Crippen molar-refractivity contribution in [1.29, 1.82) is 0 Å². The van der Waals surface area contributed by atoms with Gasteiger partial charge in [-0.15, -0.1) is 0 Å². The molecule has 0 aliphatic heterocycles. The predicted octanol–water partition coefficient (Wildman–Crippen LogP) is 7.04. The van der Waals surface area contributed by atoms with Crippen LogP contribution in [0, 0.1) is 0 Å². The Balaban J connectivity index is 2.78. The minimum atomic E-state index is -4.63. The van der Waals surface area contributed by atoms with E-state index >= 15 is 0 Å². The number of ether oxygens (including phenoxy) is 1. The van der Waals surface area contributed by atoms with E-state index in [4.69, 9.17) is 62.7 Å². The van der Waals surface area contributed by atoms with Crippen molar-refractivity contribution >= 4 is 58.0 Å². The molecule has 2 aromatic rings. The van der Waals surface area contributed by atoms with Crippen LogP contribution in [0.1, 0.15) is 5.69 Å². The Labute approximate surface area is 154 Å². The maximum absolute atomic E-state index is 12.7. The fourth-order valence-corrected chi connectivity index (χ4v) is 3.13. The van der Waals surface area contributed by atoms with Gasteiger partial charge in [0.25, 0.3) is 0 Å². The van der Waals surface area contributed by atoms with Crippen molar-refractivity contribution in [2.24, 2.45) is 0 Å². The standard InChI is InChI=1S/C13H5Cl5F3NO/c1-23-12-4(2-3-5(22-12)13(19,20)21)6-7(14)9(16)11(18)10(17)8(6)15/h2-3H,1H3. The molecule has 0 amide bonds. The first-order chi connectivity index (χ1) is 10.6. The van der Waals surface area contributed by atoms with E-state index in [1.54, 1.807) is 0 Å². The van der Waals surface area contributed by atoms with E-state index in [1.807, 2.05) is 0 Å². The molecule has 0 unspecified atom stereocenters. The second-order valence-electron chi connectivity index (χ2n) is 4.20. The molecule has 0 N–H and O–H groups in total. The molecule has 0 atom stereocenters. The number of pyridine rings is 1. The minimum Gasteiger partial charge on any atom is -0.481 e. The highest BCUT2D eigenvalue weighted by atomic mass is 35.5. The average molecular weight is 425 g/mol. The van der Waals surface area contributed by atoms with E-state index < -0.39 is 11.9 Å². The van der Waals surface area contributed by atoms with Crippen molar-refractivity contribution in [3.8, 4) is 17.0 Å². The summed E-state index contributed by atoms with van der Waals surface area (Å²) in [6.45, 7) is 0. The van der Waals surface area contributed by atoms with E-state index in [1.165, 1.54) is 0 Å². The van der Waals surface area contributed by atoms with Gasteiger partial charge in [-0.1, -0.05) is 58.0 Å². The van der Waals surface area contributed by atoms with Gasteiger partial charge in [-0.25, -0.2) is 4.98 Å². The van der Waals surface area contributed by atoms with Gasteiger partial charge in [0.2, 0.25) is 5.88 Å². The number of hydrogen-bond donors (Lipinski definition) is 0. The molecular formula is C13H5Cl5F3NO. The maximum atomic E-state index is 12.7. The van der Waals surface area contributed by atoms with Gasteiger partial charge in [-0.2, -0.15) is 13.2 Å². The van der Waals surface area contributed by atoms with Gasteiger partial charge < -0.3 is 4.74 Å². The maximum Gasteiger partial charge on any atom is 0.433 e. The molecule has 0 bridgehead atoms. The predicted molar refractivity (Wildman–Crippen MR) is 86.3 cm³/mol. The normalized spacial score (nSPS) is 11.7. The van der Waals surface area contributed by atoms with Gasteiger partial charge in [0.1, 0.15) is 5.69 Å². The average Bonchev–Trinajstić information content (AvgIpc) is 2.50. The van der Waals surface area contributed by atoms with Crippen molar-refractivity contribution in [1.82, 2.24) is 4.98 Å². The Morgan fingerprint density at radius 1 is 0.870 bits per heavy atom. The Hall–Kier alpha value is -0.590. The Kier molecular flexibility index (Phi) is 5.48. The van der Waals surface area contributed by atoms with Crippen LogP contribution in [0.3, 0.4) is 0 Å². The molecule has 0 aliphatic rings. The van der Waals surface area contributed by atoms with E-state index in [0.29, 0.717) is 0 Å². The van der Waals surface area contributed by atoms with Crippen LogP contribution in [-0.2, 0) is 6.18 Å². The van der Waals surface area contributed by atoms with E-state index in [0.717, 1.165) is 19.2 Å². The van der Waals surface area contributed by atoms with Crippen molar-refractivity contribution in [3.63, 3.8) is 0 Å². The second kappa shape index (κ2) is 6.73. The first-order valence-electron chi connectivity index (χ1n) is 5.73. The molecule has 0 radical (unpaired) electrons. The third-order valence-electron chi connectivity index (χ3n) is 2.82. The lowest BCUT2D eigenvalue weighted by Crippen LogP contribution is -2.09. The number of aromatic nitrogens is 1. The fourth-order valence-electron chi connectivity index (χ4n) is 1.79.